The summed E-state index contributed by atoms with van der Waals surface area (Å²) in [6.07, 6.45) is 2.14. The van der Waals surface area contributed by atoms with E-state index in [2.05, 4.69) is 15.3 Å². The third-order valence-electron chi connectivity index (χ3n) is 4.12. The van der Waals surface area contributed by atoms with E-state index < -0.39 is 5.79 Å². The first-order valence-corrected chi connectivity index (χ1v) is 7.66. The van der Waals surface area contributed by atoms with Crippen LogP contribution >= 0.6 is 11.6 Å². The molecule has 1 aliphatic heterocycles. The fourth-order valence-corrected chi connectivity index (χ4v) is 3.40. The second kappa shape index (κ2) is 5.81. The zero-order valence-corrected chi connectivity index (χ0v) is 13.6. The molecule has 2 aliphatic rings. The number of fused-ring (bicyclic) bond motifs is 1. The predicted octanol–water partition coefficient (Wildman–Crippen LogP) is 1.68. The SMILES string of the molecule is COC[C@H]1C[C@@H](Nc2ncnc(Cl)c2N)[C@@H]2OC(C)(C)O[C@H]12. The Morgan fingerprint density at radius 2 is 2.14 bits per heavy atom. The van der Waals surface area contributed by atoms with Gasteiger partial charge in [-0.1, -0.05) is 11.6 Å². The van der Waals surface area contributed by atoms with Crippen molar-refractivity contribution >= 4 is 23.1 Å². The standard InChI is InChI=1S/C14H21ClN4O3/c1-14(2)21-10-7(5-20-3)4-8(11(10)22-14)19-13-9(16)12(15)17-6-18-13/h6-8,10-11H,4-5,16H2,1-3H3,(H,17,18,19)/t7-,8-,10-,11+/m1/s1. The molecule has 1 saturated heterocycles. The van der Waals surface area contributed by atoms with Gasteiger partial charge in [-0.2, -0.15) is 0 Å². The number of hydrogen-bond acceptors (Lipinski definition) is 7. The summed E-state index contributed by atoms with van der Waals surface area (Å²) in [4.78, 5) is 8.03. The van der Waals surface area contributed by atoms with Crippen LogP contribution in [0.2, 0.25) is 5.15 Å². The van der Waals surface area contributed by atoms with Crippen molar-refractivity contribution in [1.82, 2.24) is 9.97 Å². The molecule has 1 aliphatic carbocycles. The van der Waals surface area contributed by atoms with Gasteiger partial charge in [0.05, 0.1) is 18.8 Å². The van der Waals surface area contributed by atoms with E-state index >= 15 is 0 Å². The first kappa shape index (κ1) is 15.7. The van der Waals surface area contributed by atoms with Crippen LogP contribution in [0.5, 0.6) is 0 Å². The molecule has 0 spiro atoms. The van der Waals surface area contributed by atoms with Gasteiger partial charge in [0, 0.05) is 13.0 Å². The van der Waals surface area contributed by atoms with Crippen LogP contribution in [0.1, 0.15) is 20.3 Å². The van der Waals surface area contributed by atoms with Gasteiger partial charge in [-0.3, -0.25) is 0 Å². The van der Waals surface area contributed by atoms with Gasteiger partial charge in [-0.25, -0.2) is 9.97 Å². The lowest BCUT2D eigenvalue weighted by Crippen LogP contribution is -2.34. The number of anilines is 2. The van der Waals surface area contributed by atoms with Gasteiger partial charge in [0.25, 0.3) is 0 Å². The molecule has 1 aromatic rings. The third-order valence-corrected chi connectivity index (χ3v) is 4.42. The molecular formula is C14H21ClN4O3. The van der Waals surface area contributed by atoms with Crippen molar-refractivity contribution in [2.24, 2.45) is 5.92 Å². The van der Waals surface area contributed by atoms with Gasteiger partial charge in [0.1, 0.15) is 18.1 Å². The third kappa shape index (κ3) is 2.86. The summed E-state index contributed by atoms with van der Waals surface area (Å²) < 4.78 is 17.4. The molecule has 2 fully saturated rings. The molecule has 8 heteroatoms. The first-order chi connectivity index (χ1) is 10.4. The molecule has 0 unspecified atom stereocenters. The summed E-state index contributed by atoms with van der Waals surface area (Å²) in [5.41, 5.74) is 6.27. The molecule has 1 aromatic heterocycles. The highest BCUT2D eigenvalue weighted by Gasteiger charge is 2.54. The Morgan fingerprint density at radius 3 is 2.86 bits per heavy atom. The molecule has 0 radical (unpaired) electrons. The van der Waals surface area contributed by atoms with Gasteiger partial charge in [0.2, 0.25) is 0 Å². The van der Waals surface area contributed by atoms with Crippen LogP contribution in [0.25, 0.3) is 0 Å². The number of nitrogens with zero attached hydrogens (tertiary/aromatic N) is 2. The van der Waals surface area contributed by atoms with Gasteiger partial charge < -0.3 is 25.3 Å². The maximum absolute atomic E-state index is 6.05. The number of methoxy groups -OCH3 is 1. The normalized spacial score (nSPS) is 32.9. The minimum atomic E-state index is -0.601. The van der Waals surface area contributed by atoms with Crippen LogP contribution in [0.3, 0.4) is 0 Å². The molecule has 122 valence electrons. The Morgan fingerprint density at radius 1 is 1.41 bits per heavy atom. The van der Waals surface area contributed by atoms with E-state index in [0.29, 0.717) is 18.1 Å². The molecular weight excluding hydrogens is 308 g/mol. The van der Waals surface area contributed by atoms with E-state index in [1.165, 1.54) is 6.33 Å². The molecule has 3 rings (SSSR count). The van der Waals surface area contributed by atoms with Crippen LogP contribution in [0.4, 0.5) is 11.5 Å². The molecule has 7 nitrogen and oxygen atoms in total. The van der Waals surface area contributed by atoms with Crippen LogP contribution < -0.4 is 11.1 Å². The number of aromatic nitrogens is 2. The van der Waals surface area contributed by atoms with E-state index in [-0.39, 0.29) is 29.3 Å². The smallest absolute Gasteiger partial charge is 0.163 e. The lowest BCUT2D eigenvalue weighted by Gasteiger charge is -2.24. The fraction of sp³-hybridized carbons (Fsp3) is 0.714. The number of hydrogen-bond donors (Lipinski definition) is 2. The Bertz CT molecular complexity index is 557. The van der Waals surface area contributed by atoms with Crippen LogP contribution in [0.15, 0.2) is 6.33 Å². The van der Waals surface area contributed by atoms with Crippen molar-refractivity contribution in [2.75, 3.05) is 24.8 Å². The summed E-state index contributed by atoms with van der Waals surface area (Å²) in [5.74, 6) is 0.180. The quantitative estimate of drug-likeness (QED) is 0.812. The van der Waals surface area contributed by atoms with Crippen LogP contribution in [-0.4, -0.2) is 47.7 Å². The van der Waals surface area contributed by atoms with Crippen molar-refractivity contribution in [3.05, 3.63) is 11.5 Å². The summed E-state index contributed by atoms with van der Waals surface area (Å²) in [6, 6.07) is 0.0280. The maximum atomic E-state index is 6.05. The minimum absolute atomic E-state index is 0.00835. The Balaban J connectivity index is 1.80. The molecule has 0 bridgehead atoms. The number of ether oxygens (including phenoxy) is 3. The Hall–Kier alpha value is -1.15. The summed E-state index contributed by atoms with van der Waals surface area (Å²) in [5, 5.41) is 3.57. The minimum Gasteiger partial charge on any atom is -0.393 e. The molecule has 0 amide bonds. The number of nitrogens with two attached hydrogens (primary N) is 1. The summed E-state index contributed by atoms with van der Waals surface area (Å²) in [7, 11) is 1.69. The van der Waals surface area contributed by atoms with Crippen molar-refractivity contribution in [2.45, 2.75) is 44.3 Å². The lowest BCUT2D eigenvalue weighted by molar-refractivity contribution is -0.159. The highest BCUT2D eigenvalue weighted by atomic mass is 35.5. The molecule has 3 N–H and O–H groups in total. The van der Waals surface area contributed by atoms with Crippen molar-refractivity contribution in [3.8, 4) is 0 Å². The second-order valence-electron chi connectivity index (χ2n) is 6.19. The predicted molar refractivity (Wildman–Crippen MR) is 82.7 cm³/mol. The fourth-order valence-electron chi connectivity index (χ4n) is 3.27. The average Bonchev–Trinajstić information content (AvgIpc) is 2.91. The monoisotopic (exact) mass is 328 g/mol. The number of nitrogens with one attached hydrogen (secondary N) is 1. The van der Waals surface area contributed by atoms with Crippen molar-refractivity contribution in [1.29, 1.82) is 0 Å². The van der Waals surface area contributed by atoms with E-state index in [9.17, 15) is 0 Å². The largest absolute Gasteiger partial charge is 0.393 e. The number of halogens is 1. The molecule has 22 heavy (non-hydrogen) atoms. The highest BCUT2D eigenvalue weighted by molar-refractivity contribution is 6.32. The van der Waals surface area contributed by atoms with Gasteiger partial charge >= 0.3 is 0 Å². The average molecular weight is 329 g/mol. The maximum Gasteiger partial charge on any atom is 0.163 e. The van der Waals surface area contributed by atoms with Crippen molar-refractivity contribution in [3.63, 3.8) is 0 Å². The lowest BCUT2D eigenvalue weighted by atomic mass is 10.1. The molecule has 0 aromatic carbocycles. The Kier molecular flexibility index (Phi) is 4.15. The number of nitrogen functional groups attached to an aromatic ring is 1. The molecule has 4 atom stereocenters. The zero-order valence-electron chi connectivity index (χ0n) is 12.9. The van der Waals surface area contributed by atoms with E-state index in [0.717, 1.165) is 6.42 Å². The van der Waals surface area contributed by atoms with E-state index in [1.807, 2.05) is 13.8 Å². The van der Waals surface area contributed by atoms with Crippen molar-refractivity contribution < 1.29 is 14.2 Å². The van der Waals surface area contributed by atoms with Crippen LogP contribution in [0, 0.1) is 5.92 Å². The van der Waals surface area contributed by atoms with Gasteiger partial charge in [-0.05, 0) is 20.3 Å². The molecule has 1 saturated carbocycles. The number of rotatable bonds is 4. The molecule has 2 heterocycles. The highest BCUT2D eigenvalue weighted by Crippen LogP contribution is 2.43. The van der Waals surface area contributed by atoms with E-state index in [4.69, 9.17) is 31.5 Å². The van der Waals surface area contributed by atoms with E-state index in [1.54, 1.807) is 7.11 Å². The summed E-state index contributed by atoms with van der Waals surface area (Å²) in [6.45, 7) is 4.46. The summed E-state index contributed by atoms with van der Waals surface area (Å²) >= 11 is 5.94. The second-order valence-corrected chi connectivity index (χ2v) is 6.55. The zero-order chi connectivity index (χ0) is 15.9. The van der Waals surface area contributed by atoms with Crippen LogP contribution in [-0.2, 0) is 14.2 Å². The topological polar surface area (TPSA) is 91.5 Å². The first-order valence-electron chi connectivity index (χ1n) is 7.28. The Labute approximate surface area is 134 Å². The van der Waals surface area contributed by atoms with Gasteiger partial charge in [0.15, 0.2) is 16.8 Å². The van der Waals surface area contributed by atoms with Gasteiger partial charge in [-0.15, -0.1) is 0 Å².